The van der Waals surface area contributed by atoms with Crippen molar-refractivity contribution in [2.75, 3.05) is 18.0 Å². The number of hydrogen-bond donors (Lipinski definition) is 1. The fraction of sp³-hybridized carbons (Fsp3) is 0.143. The third-order valence-electron chi connectivity index (χ3n) is 5.99. The van der Waals surface area contributed by atoms with Crippen LogP contribution in [0.15, 0.2) is 93.3 Å². The average molecular weight is 630 g/mol. The van der Waals surface area contributed by atoms with E-state index in [1.807, 2.05) is 44.2 Å². The molecular formula is C28H26BrClN4O4S. The van der Waals surface area contributed by atoms with Gasteiger partial charge in [-0.15, -0.1) is 0 Å². The Hall–Kier alpha value is -3.60. The summed E-state index contributed by atoms with van der Waals surface area (Å²) < 4.78 is 36.2. The predicted molar refractivity (Wildman–Crippen MR) is 158 cm³/mol. The number of halogens is 2. The van der Waals surface area contributed by atoms with Crippen molar-refractivity contribution < 1.29 is 17.9 Å². The van der Waals surface area contributed by atoms with Crippen LogP contribution in [0.2, 0.25) is 5.02 Å². The number of sulfonamides is 1. The van der Waals surface area contributed by atoms with Gasteiger partial charge in [0.2, 0.25) is 0 Å². The minimum Gasteiger partial charge on any atom is -0.495 e. The quantitative estimate of drug-likeness (QED) is 0.185. The number of carbonyl (C=O) groups is 1. The van der Waals surface area contributed by atoms with Gasteiger partial charge in [-0.05, 0) is 74.5 Å². The first-order chi connectivity index (χ1) is 18.6. The number of nitrogens with zero attached hydrogens (tertiary/aromatic N) is 3. The van der Waals surface area contributed by atoms with Gasteiger partial charge in [0.15, 0.2) is 0 Å². The fourth-order valence-electron chi connectivity index (χ4n) is 4.09. The summed E-state index contributed by atoms with van der Waals surface area (Å²) in [5.74, 6) is -0.244. The maximum absolute atomic E-state index is 13.5. The average Bonchev–Trinajstić information content (AvgIpc) is 3.20. The van der Waals surface area contributed by atoms with Crippen LogP contribution in [-0.2, 0) is 14.8 Å². The molecule has 39 heavy (non-hydrogen) atoms. The highest BCUT2D eigenvalue weighted by molar-refractivity contribution is 9.10. The molecule has 0 aliphatic rings. The summed E-state index contributed by atoms with van der Waals surface area (Å²) >= 11 is 9.72. The molecule has 0 saturated carbocycles. The summed E-state index contributed by atoms with van der Waals surface area (Å²) in [6.45, 7) is 3.42. The number of carbonyl (C=O) groups excluding carboxylic acids is 1. The first kappa shape index (κ1) is 28.4. The zero-order valence-electron chi connectivity index (χ0n) is 21.4. The van der Waals surface area contributed by atoms with Gasteiger partial charge in [-0.2, -0.15) is 5.10 Å². The molecule has 1 aromatic heterocycles. The van der Waals surface area contributed by atoms with Gasteiger partial charge in [0.25, 0.3) is 15.9 Å². The van der Waals surface area contributed by atoms with Crippen molar-refractivity contribution >= 4 is 55.4 Å². The van der Waals surface area contributed by atoms with E-state index in [9.17, 15) is 13.2 Å². The summed E-state index contributed by atoms with van der Waals surface area (Å²) in [4.78, 5) is 13.0. The molecule has 0 aliphatic heterocycles. The van der Waals surface area contributed by atoms with Gasteiger partial charge in [0.05, 0.1) is 28.9 Å². The van der Waals surface area contributed by atoms with Crippen LogP contribution in [0.3, 0.4) is 0 Å². The number of amides is 1. The van der Waals surface area contributed by atoms with Crippen molar-refractivity contribution in [2.24, 2.45) is 5.10 Å². The van der Waals surface area contributed by atoms with E-state index in [2.05, 4.69) is 31.0 Å². The lowest BCUT2D eigenvalue weighted by atomic mass is 10.2. The Morgan fingerprint density at radius 1 is 1.08 bits per heavy atom. The maximum atomic E-state index is 13.5. The van der Waals surface area contributed by atoms with Crippen molar-refractivity contribution in [2.45, 2.75) is 18.7 Å². The van der Waals surface area contributed by atoms with Gasteiger partial charge in [-0.1, -0.05) is 45.7 Å². The SMILES string of the molecule is COc1ccc(N(CC(=O)N/N=C\c2cc(C)n(-c3ccc(Br)cc3)c2C)S(=O)(=O)c2ccccc2)cc1Cl. The monoisotopic (exact) mass is 628 g/mol. The molecule has 202 valence electrons. The molecule has 0 atom stereocenters. The highest BCUT2D eigenvalue weighted by Crippen LogP contribution is 2.32. The molecule has 4 rings (SSSR count). The first-order valence-corrected chi connectivity index (χ1v) is 14.4. The molecule has 0 fully saturated rings. The minimum absolute atomic E-state index is 0.0358. The van der Waals surface area contributed by atoms with E-state index in [1.165, 1.54) is 37.6 Å². The summed E-state index contributed by atoms with van der Waals surface area (Å²) in [7, 11) is -2.63. The van der Waals surface area contributed by atoms with Crippen LogP contribution < -0.4 is 14.5 Å². The molecule has 0 radical (unpaired) electrons. The summed E-state index contributed by atoms with van der Waals surface area (Å²) in [6.07, 6.45) is 1.54. The summed E-state index contributed by atoms with van der Waals surface area (Å²) in [6, 6.07) is 22.3. The number of ether oxygens (including phenoxy) is 1. The lowest BCUT2D eigenvalue weighted by molar-refractivity contribution is -0.119. The molecule has 1 heterocycles. The molecule has 0 bridgehead atoms. The zero-order chi connectivity index (χ0) is 28.2. The molecular weight excluding hydrogens is 604 g/mol. The normalized spacial score (nSPS) is 11.5. The topological polar surface area (TPSA) is 93.0 Å². The highest BCUT2D eigenvalue weighted by atomic mass is 79.9. The van der Waals surface area contributed by atoms with E-state index in [-0.39, 0.29) is 15.6 Å². The van der Waals surface area contributed by atoms with Crippen LogP contribution in [0.4, 0.5) is 5.69 Å². The summed E-state index contributed by atoms with van der Waals surface area (Å²) in [5.41, 5.74) is 6.40. The number of anilines is 1. The van der Waals surface area contributed by atoms with E-state index in [1.54, 1.807) is 24.3 Å². The Kier molecular flexibility index (Phi) is 8.79. The van der Waals surface area contributed by atoms with E-state index in [0.717, 1.165) is 31.4 Å². The molecule has 11 heteroatoms. The second kappa shape index (κ2) is 12.1. The van der Waals surface area contributed by atoms with Crippen molar-refractivity contribution in [1.82, 2.24) is 9.99 Å². The number of methoxy groups -OCH3 is 1. The van der Waals surface area contributed by atoms with Crippen LogP contribution in [-0.4, -0.2) is 38.8 Å². The van der Waals surface area contributed by atoms with Gasteiger partial charge >= 0.3 is 0 Å². The van der Waals surface area contributed by atoms with Gasteiger partial charge in [-0.3, -0.25) is 9.10 Å². The molecule has 1 amide bonds. The number of rotatable bonds is 9. The van der Waals surface area contributed by atoms with Crippen LogP contribution >= 0.6 is 27.5 Å². The zero-order valence-corrected chi connectivity index (χ0v) is 24.6. The minimum atomic E-state index is -4.09. The van der Waals surface area contributed by atoms with Crippen LogP contribution in [0.25, 0.3) is 5.69 Å². The van der Waals surface area contributed by atoms with Crippen LogP contribution in [0, 0.1) is 13.8 Å². The van der Waals surface area contributed by atoms with Crippen molar-refractivity contribution in [3.8, 4) is 11.4 Å². The van der Waals surface area contributed by atoms with E-state index in [0.29, 0.717) is 5.75 Å². The molecule has 0 unspecified atom stereocenters. The standard InChI is InChI=1S/C28H26BrClN4O4S/c1-19-15-21(20(2)34(19)23-11-9-22(29)10-12-23)17-31-32-28(35)18-33(24-13-14-27(38-3)26(30)16-24)39(36,37)25-7-5-4-6-8-25/h4-17H,18H2,1-3H3,(H,32,35)/b31-17-. The molecule has 8 nitrogen and oxygen atoms in total. The third kappa shape index (κ3) is 6.35. The third-order valence-corrected chi connectivity index (χ3v) is 8.60. The second-order valence-corrected chi connectivity index (χ2v) is 11.8. The predicted octanol–water partition coefficient (Wildman–Crippen LogP) is 5.86. The van der Waals surface area contributed by atoms with E-state index >= 15 is 0 Å². The largest absolute Gasteiger partial charge is 0.495 e. The molecule has 0 spiro atoms. The van der Waals surface area contributed by atoms with Crippen molar-refractivity contribution in [1.29, 1.82) is 0 Å². The van der Waals surface area contributed by atoms with Gasteiger partial charge < -0.3 is 9.30 Å². The van der Waals surface area contributed by atoms with Gasteiger partial charge in [0.1, 0.15) is 12.3 Å². The highest BCUT2D eigenvalue weighted by Gasteiger charge is 2.27. The van der Waals surface area contributed by atoms with Crippen molar-refractivity contribution in [3.05, 3.63) is 105 Å². The van der Waals surface area contributed by atoms with Crippen molar-refractivity contribution in [3.63, 3.8) is 0 Å². The smallest absolute Gasteiger partial charge is 0.264 e. The Morgan fingerprint density at radius 2 is 1.77 bits per heavy atom. The Bertz CT molecular complexity index is 1620. The number of hydrazone groups is 1. The molecule has 0 saturated heterocycles. The number of hydrogen-bond acceptors (Lipinski definition) is 5. The first-order valence-electron chi connectivity index (χ1n) is 11.8. The molecule has 4 aromatic rings. The maximum Gasteiger partial charge on any atom is 0.264 e. The van der Waals surface area contributed by atoms with Gasteiger partial charge in [0, 0.05) is 27.1 Å². The molecule has 0 aliphatic carbocycles. The number of benzene rings is 3. The molecule has 3 aromatic carbocycles. The van der Waals surface area contributed by atoms with Crippen LogP contribution in [0.5, 0.6) is 5.75 Å². The number of aromatic nitrogens is 1. The van der Waals surface area contributed by atoms with E-state index < -0.39 is 22.5 Å². The molecule has 1 N–H and O–H groups in total. The lowest BCUT2D eigenvalue weighted by Crippen LogP contribution is -2.39. The lowest BCUT2D eigenvalue weighted by Gasteiger charge is -2.24. The fourth-order valence-corrected chi connectivity index (χ4v) is 6.04. The Labute approximate surface area is 241 Å². The van der Waals surface area contributed by atoms with Gasteiger partial charge in [-0.25, -0.2) is 13.8 Å². The number of nitrogens with one attached hydrogen (secondary N) is 1. The van der Waals surface area contributed by atoms with E-state index in [4.69, 9.17) is 16.3 Å². The summed E-state index contributed by atoms with van der Waals surface area (Å²) in [5, 5.41) is 4.31. The number of aryl methyl sites for hydroxylation is 1. The second-order valence-electron chi connectivity index (χ2n) is 8.58. The Morgan fingerprint density at radius 3 is 2.41 bits per heavy atom. The van der Waals surface area contributed by atoms with Crippen LogP contribution in [0.1, 0.15) is 17.0 Å². The Balaban J connectivity index is 1.56.